The van der Waals surface area contributed by atoms with Crippen molar-refractivity contribution in [1.82, 2.24) is 10.2 Å². The number of rotatable bonds is 6. The van der Waals surface area contributed by atoms with Crippen molar-refractivity contribution in [3.8, 4) is 11.1 Å². The first-order chi connectivity index (χ1) is 16.9. The van der Waals surface area contributed by atoms with Crippen molar-refractivity contribution in [3.05, 3.63) is 59.7 Å². The molecule has 35 heavy (non-hydrogen) atoms. The maximum absolute atomic E-state index is 13.2. The molecule has 2 fully saturated rings. The second-order valence-corrected chi connectivity index (χ2v) is 9.63. The Hall–Kier alpha value is -3.39. The molecule has 2 aromatic rings. The zero-order valence-corrected chi connectivity index (χ0v) is 19.7. The predicted octanol–water partition coefficient (Wildman–Crippen LogP) is 3.25. The standard InChI is InChI=1S/C27H30N2O6/c1-2-23(24(30)29-13-17-14-34-12-11-27(17,16-29)25(31)32)28-26(33)35-15-22-20-9-5-3-7-18(20)19-8-4-6-10-21(19)22/h3-10,17,22-23H,2,11-16H2,1H3,(H,28,33)(H,31,32)/t17-,23?,27+/m1/s1. The molecule has 3 aliphatic rings. The number of amides is 2. The van der Waals surface area contributed by atoms with Gasteiger partial charge < -0.3 is 24.8 Å². The number of aliphatic carboxylic acids is 1. The van der Waals surface area contributed by atoms with Crippen LogP contribution < -0.4 is 5.32 Å². The van der Waals surface area contributed by atoms with E-state index in [0.29, 0.717) is 32.6 Å². The number of benzene rings is 2. The van der Waals surface area contributed by atoms with Crippen LogP contribution in [-0.4, -0.2) is 66.9 Å². The van der Waals surface area contributed by atoms with Crippen LogP contribution in [-0.2, 0) is 19.1 Å². The molecule has 1 unspecified atom stereocenters. The molecule has 2 amide bonds. The molecule has 3 atom stereocenters. The predicted molar refractivity (Wildman–Crippen MR) is 128 cm³/mol. The molecule has 184 valence electrons. The topological polar surface area (TPSA) is 105 Å². The Morgan fingerprint density at radius 3 is 2.40 bits per heavy atom. The summed E-state index contributed by atoms with van der Waals surface area (Å²) in [6.45, 7) is 3.13. The van der Waals surface area contributed by atoms with Crippen LogP contribution in [0.15, 0.2) is 48.5 Å². The third-order valence-corrected chi connectivity index (χ3v) is 7.79. The molecule has 5 rings (SSSR count). The van der Waals surface area contributed by atoms with Crippen molar-refractivity contribution in [1.29, 1.82) is 0 Å². The summed E-state index contributed by atoms with van der Waals surface area (Å²) in [7, 11) is 0. The van der Waals surface area contributed by atoms with Gasteiger partial charge in [0.05, 0.1) is 12.0 Å². The number of alkyl carbamates (subject to hydrolysis) is 1. The molecule has 2 saturated heterocycles. The zero-order chi connectivity index (χ0) is 24.6. The maximum atomic E-state index is 13.2. The molecule has 0 radical (unpaired) electrons. The van der Waals surface area contributed by atoms with Crippen molar-refractivity contribution in [2.24, 2.45) is 11.3 Å². The second-order valence-electron chi connectivity index (χ2n) is 9.63. The molecule has 0 bridgehead atoms. The van der Waals surface area contributed by atoms with Gasteiger partial charge in [-0.25, -0.2) is 4.79 Å². The van der Waals surface area contributed by atoms with Gasteiger partial charge in [-0.3, -0.25) is 9.59 Å². The summed E-state index contributed by atoms with van der Waals surface area (Å²) in [4.78, 5) is 39.6. The van der Waals surface area contributed by atoms with Crippen LogP contribution in [0.1, 0.15) is 36.8 Å². The largest absolute Gasteiger partial charge is 0.481 e. The summed E-state index contributed by atoms with van der Waals surface area (Å²) in [5.41, 5.74) is 3.54. The second kappa shape index (κ2) is 9.34. The normalized spacial score (nSPS) is 23.7. The Labute approximate surface area is 204 Å². The first-order valence-electron chi connectivity index (χ1n) is 12.2. The molecule has 2 aliphatic heterocycles. The minimum atomic E-state index is -0.976. The lowest BCUT2D eigenvalue weighted by Crippen LogP contribution is -2.49. The van der Waals surface area contributed by atoms with Crippen LogP contribution in [0.3, 0.4) is 0 Å². The van der Waals surface area contributed by atoms with Crippen molar-refractivity contribution >= 4 is 18.0 Å². The van der Waals surface area contributed by atoms with Crippen LogP contribution in [0.5, 0.6) is 0 Å². The number of carbonyl (C=O) groups is 3. The van der Waals surface area contributed by atoms with Crippen LogP contribution in [0, 0.1) is 11.3 Å². The van der Waals surface area contributed by atoms with E-state index in [1.807, 2.05) is 31.2 Å². The summed E-state index contributed by atoms with van der Waals surface area (Å²) in [5, 5.41) is 12.6. The average Bonchev–Trinajstić information content (AvgIpc) is 3.43. The fourth-order valence-corrected chi connectivity index (χ4v) is 5.81. The van der Waals surface area contributed by atoms with E-state index in [1.54, 1.807) is 4.90 Å². The van der Waals surface area contributed by atoms with E-state index in [2.05, 4.69) is 29.6 Å². The van der Waals surface area contributed by atoms with Crippen molar-refractivity contribution < 1.29 is 29.0 Å². The summed E-state index contributed by atoms with van der Waals surface area (Å²) >= 11 is 0. The molecule has 0 aromatic heterocycles. The van der Waals surface area contributed by atoms with E-state index in [4.69, 9.17) is 9.47 Å². The lowest BCUT2D eigenvalue weighted by Gasteiger charge is -2.33. The Balaban J connectivity index is 1.23. The van der Waals surface area contributed by atoms with Gasteiger partial charge in [-0.05, 0) is 35.1 Å². The number of likely N-dealkylation sites (tertiary alicyclic amines) is 1. The summed E-state index contributed by atoms with van der Waals surface area (Å²) in [5.74, 6) is -1.49. The highest BCUT2D eigenvalue weighted by molar-refractivity contribution is 5.87. The highest BCUT2D eigenvalue weighted by Gasteiger charge is 2.55. The SMILES string of the molecule is CCC(NC(=O)OCC1c2ccccc2-c2ccccc21)C(=O)N1C[C@@H]2COCC[C@]2(C(=O)O)C1. The number of ether oxygens (including phenoxy) is 2. The van der Waals surface area contributed by atoms with Gasteiger partial charge in [-0.2, -0.15) is 0 Å². The van der Waals surface area contributed by atoms with E-state index in [9.17, 15) is 19.5 Å². The first-order valence-corrected chi connectivity index (χ1v) is 12.2. The third-order valence-electron chi connectivity index (χ3n) is 7.79. The molecule has 8 heteroatoms. The molecule has 0 spiro atoms. The van der Waals surface area contributed by atoms with Crippen LogP contribution >= 0.6 is 0 Å². The van der Waals surface area contributed by atoms with Crippen molar-refractivity contribution in [2.75, 3.05) is 32.9 Å². The number of fused-ring (bicyclic) bond motifs is 4. The highest BCUT2D eigenvalue weighted by atomic mass is 16.5. The lowest BCUT2D eigenvalue weighted by molar-refractivity contribution is -0.157. The Morgan fingerprint density at radius 1 is 1.14 bits per heavy atom. The monoisotopic (exact) mass is 478 g/mol. The fraction of sp³-hybridized carbons (Fsp3) is 0.444. The quantitative estimate of drug-likeness (QED) is 0.660. The fourth-order valence-electron chi connectivity index (χ4n) is 5.81. The van der Waals surface area contributed by atoms with Gasteiger partial charge in [-0.1, -0.05) is 55.5 Å². The minimum absolute atomic E-state index is 0.0685. The van der Waals surface area contributed by atoms with Gasteiger partial charge in [0.2, 0.25) is 5.91 Å². The van der Waals surface area contributed by atoms with Gasteiger partial charge in [0.1, 0.15) is 12.6 Å². The Morgan fingerprint density at radius 2 is 1.80 bits per heavy atom. The number of nitrogens with zero attached hydrogens (tertiary/aromatic N) is 1. The molecule has 1 aliphatic carbocycles. The molecule has 8 nitrogen and oxygen atoms in total. The Kier molecular flexibility index (Phi) is 6.23. The summed E-state index contributed by atoms with van der Waals surface area (Å²) in [6.07, 6.45) is 0.105. The smallest absolute Gasteiger partial charge is 0.407 e. The van der Waals surface area contributed by atoms with Crippen LogP contribution in [0.2, 0.25) is 0 Å². The highest BCUT2D eigenvalue weighted by Crippen LogP contribution is 2.45. The zero-order valence-electron chi connectivity index (χ0n) is 19.7. The van der Waals surface area contributed by atoms with Crippen molar-refractivity contribution in [2.45, 2.75) is 31.7 Å². The maximum Gasteiger partial charge on any atom is 0.407 e. The first kappa shape index (κ1) is 23.4. The molecule has 2 aromatic carbocycles. The molecule has 0 saturated carbocycles. The minimum Gasteiger partial charge on any atom is -0.481 e. The van der Waals surface area contributed by atoms with Crippen molar-refractivity contribution in [3.63, 3.8) is 0 Å². The van der Waals surface area contributed by atoms with Gasteiger partial charge >= 0.3 is 12.1 Å². The molecular formula is C27H30N2O6. The van der Waals surface area contributed by atoms with Gasteiger partial charge in [0.25, 0.3) is 0 Å². The van der Waals surface area contributed by atoms with E-state index < -0.39 is 23.5 Å². The number of nitrogens with one attached hydrogen (secondary N) is 1. The molecule has 2 N–H and O–H groups in total. The van der Waals surface area contributed by atoms with Gasteiger partial charge in [0, 0.05) is 31.5 Å². The lowest BCUT2D eigenvalue weighted by atomic mass is 9.74. The number of hydrogen-bond acceptors (Lipinski definition) is 5. The van der Waals surface area contributed by atoms with E-state index in [0.717, 1.165) is 22.3 Å². The number of hydrogen-bond donors (Lipinski definition) is 2. The van der Waals surface area contributed by atoms with Gasteiger partial charge in [0.15, 0.2) is 0 Å². The van der Waals surface area contributed by atoms with E-state index in [1.165, 1.54) is 0 Å². The van der Waals surface area contributed by atoms with E-state index in [-0.39, 0.29) is 30.9 Å². The van der Waals surface area contributed by atoms with Gasteiger partial charge in [-0.15, -0.1) is 0 Å². The van der Waals surface area contributed by atoms with Crippen LogP contribution in [0.25, 0.3) is 11.1 Å². The summed E-state index contributed by atoms with van der Waals surface area (Å²) < 4.78 is 11.1. The number of carboxylic acid groups (broad SMARTS) is 1. The third kappa shape index (κ3) is 4.05. The summed E-state index contributed by atoms with van der Waals surface area (Å²) in [6, 6.07) is 15.4. The van der Waals surface area contributed by atoms with Crippen LogP contribution in [0.4, 0.5) is 4.79 Å². The molecule has 2 heterocycles. The number of carbonyl (C=O) groups excluding carboxylic acids is 2. The average molecular weight is 479 g/mol. The van der Waals surface area contributed by atoms with E-state index >= 15 is 0 Å². The number of carboxylic acids is 1. The molecular weight excluding hydrogens is 448 g/mol. The Bertz CT molecular complexity index is 1100.